The number of amides is 1. The summed E-state index contributed by atoms with van der Waals surface area (Å²) in [5, 5.41) is 13.4. The normalized spacial score (nSPS) is 15.1. The quantitative estimate of drug-likeness (QED) is 0.731. The average Bonchev–Trinajstić information content (AvgIpc) is 3.40. The van der Waals surface area contributed by atoms with E-state index in [0.717, 1.165) is 48.3 Å². The number of nitrogens with zero attached hydrogens (tertiary/aromatic N) is 4. The topological polar surface area (TPSA) is 63.1 Å². The maximum absolute atomic E-state index is 12.6. The first-order chi connectivity index (χ1) is 13.2. The molecule has 1 aromatic carbocycles. The van der Waals surface area contributed by atoms with Gasteiger partial charge in [0.2, 0.25) is 16.2 Å². The van der Waals surface area contributed by atoms with Crippen molar-refractivity contribution in [3.63, 3.8) is 0 Å². The van der Waals surface area contributed by atoms with Crippen LogP contribution in [0.4, 0.5) is 10.8 Å². The summed E-state index contributed by atoms with van der Waals surface area (Å²) in [5.41, 5.74) is 2.15. The second kappa shape index (κ2) is 7.92. The van der Waals surface area contributed by atoms with Crippen LogP contribution in [-0.2, 0) is 11.2 Å². The maximum Gasteiger partial charge on any atom is 0.227 e. The number of hydrogen-bond acceptors (Lipinski definition) is 5. The number of carbonyl (C=O) groups excluding carboxylic acids is 1. The summed E-state index contributed by atoms with van der Waals surface area (Å²) in [4.78, 5) is 14.8. The summed E-state index contributed by atoms with van der Waals surface area (Å²) >= 11 is 1.58. The van der Waals surface area contributed by atoms with Crippen molar-refractivity contribution in [2.75, 3.05) is 23.3 Å². The van der Waals surface area contributed by atoms with Crippen LogP contribution in [0.15, 0.2) is 48.8 Å². The van der Waals surface area contributed by atoms with Crippen LogP contribution in [0.2, 0.25) is 0 Å². The molecule has 0 unspecified atom stereocenters. The zero-order valence-electron chi connectivity index (χ0n) is 15.3. The second-order valence-corrected chi connectivity index (χ2v) is 7.69. The van der Waals surface area contributed by atoms with E-state index in [1.807, 2.05) is 41.2 Å². The lowest BCUT2D eigenvalue weighted by Gasteiger charge is -2.30. The van der Waals surface area contributed by atoms with Crippen molar-refractivity contribution in [1.29, 1.82) is 0 Å². The van der Waals surface area contributed by atoms with Crippen LogP contribution in [0.5, 0.6) is 0 Å². The smallest absolute Gasteiger partial charge is 0.227 e. The van der Waals surface area contributed by atoms with Gasteiger partial charge >= 0.3 is 0 Å². The molecule has 140 valence electrons. The molecule has 3 heterocycles. The molecule has 4 rings (SSSR count). The Hall–Kier alpha value is -2.67. The number of carbonyl (C=O) groups is 1. The fourth-order valence-corrected chi connectivity index (χ4v) is 4.17. The van der Waals surface area contributed by atoms with Crippen LogP contribution in [0.1, 0.15) is 25.3 Å². The molecule has 0 radical (unpaired) electrons. The highest BCUT2D eigenvalue weighted by atomic mass is 32.1. The number of nitrogens with one attached hydrogen (secondary N) is 1. The molecule has 0 bridgehead atoms. The largest absolute Gasteiger partial charge is 0.347 e. The molecule has 2 aromatic heterocycles. The Morgan fingerprint density at radius 1 is 1.11 bits per heavy atom. The van der Waals surface area contributed by atoms with Crippen LogP contribution in [0, 0.1) is 5.92 Å². The summed E-state index contributed by atoms with van der Waals surface area (Å²) in [6.07, 6.45) is 6.60. The monoisotopic (exact) mass is 381 g/mol. The summed E-state index contributed by atoms with van der Waals surface area (Å²) in [6, 6.07) is 12.0. The van der Waals surface area contributed by atoms with E-state index in [4.69, 9.17) is 0 Å². The Kier molecular flexibility index (Phi) is 5.20. The minimum absolute atomic E-state index is 0.0453. The molecule has 6 nitrogen and oxygen atoms in total. The highest BCUT2D eigenvalue weighted by Crippen LogP contribution is 2.28. The summed E-state index contributed by atoms with van der Waals surface area (Å²) in [5.74, 6) is 0.160. The van der Waals surface area contributed by atoms with Crippen molar-refractivity contribution in [2.24, 2.45) is 5.92 Å². The van der Waals surface area contributed by atoms with E-state index in [-0.39, 0.29) is 11.8 Å². The zero-order valence-corrected chi connectivity index (χ0v) is 16.2. The highest BCUT2D eigenvalue weighted by Gasteiger charge is 2.26. The fourth-order valence-electron chi connectivity index (χ4n) is 3.30. The molecule has 3 aromatic rings. The van der Waals surface area contributed by atoms with Crippen molar-refractivity contribution >= 4 is 28.1 Å². The minimum atomic E-state index is 0.0453. The van der Waals surface area contributed by atoms with Crippen molar-refractivity contribution in [1.82, 2.24) is 14.8 Å². The number of piperidine rings is 1. The number of aromatic nitrogens is 3. The van der Waals surface area contributed by atoms with Gasteiger partial charge in [0.05, 0.1) is 0 Å². The third-order valence-corrected chi connectivity index (χ3v) is 5.99. The van der Waals surface area contributed by atoms with E-state index in [9.17, 15) is 4.79 Å². The lowest BCUT2D eigenvalue weighted by Crippen LogP contribution is -2.38. The Morgan fingerprint density at radius 3 is 2.44 bits per heavy atom. The molecule has 7 heteroatoms. The van der Waals surface area contributed by atoms with E-state index >= 15 is 0 Å². The van der Waals surface area contributed by atoms with E-state index in [1.54, 1.807) is 11.3 Å². The van der Waals surface area contributed by atoms with Gasteiger partial charge in [0, 0.05) is 37.1 Å². The third-order valence-electron chi connectivity index (χ3n) is 4.99. The second-order valence-electron chi connectivity index (χ2n) is 6.76. The Morgan fingerprint density at radius 2 is 1.78 bits per heavy atom. The Bertz CT molecular complexity index is 880. The van der Waals surface area contributed by atoms with Crippen molar-refractivity contribution in [3.8, 4) is 5.13 Å². The van der Waals surface area contributed by atoms with Crippen LogP contribution in [0.25, 0.3) is 5.13 Å². The van der Waals surface area contributed by atoms with Crippen molar-refractivity contribution in [2.45, 2.75) is 26.2 Å². The summed E-state index contributed by atoms with van der Waals surface area (Å²) in [6.45, 7) is 3.78. The van der Waals surface area contributed by atoms with E-state index in [2.05, 4.69) is 39.5 Å². The Labute approximate surface area is 162 Å². The van der Waals surface area contributed by atoms with Crippen LogP contribution < -0.4 is 10.2 Å². The van der Waals surface area contributed by atoms with Gasteiger partial charge in [0.1, 0.15) is 0 Å². The maximum atomic E-state index is 12.6. The number of benzene rings is 1. The van der Waals surface area contributed by atoms with Gasteiger partial charge in [-0.3, -0.25) is 9.36 Å². The lowest BCUT2D eigenvalue weighted by atomic mass is 9.96. The molecule has 1 aliphatic rings. The SMILES string of the molecule is CCc1ccc(NC(=O)C2CCN(c3nnc(-n4cccc4)s3)CC2)cc1. The first-order valence-electron chi connectivity index (χ1n) is 9.34. The molecule has 0 atom stereocenters. The van der Waals surface area contributed by atoms with E-state index in [0.29, 0.717) is 0 Å². The summed E-state index contributed by atoms with van der Waals surface area (Å²) < 4.78 is 1.96. The third kappa shape index (κ3) is 4.03. The van der Waals surface area contributed by atoms with Crippen molar-refractivity contribution < 1.29 is 4.79 Å². The van der Waals surface area contributed by atoms with Gasteiger partial charge in [0.15, 0.2) is 0 Å². The van der Waals surface area contributed by atoms with Gasteiger partial charge in [-0.05, 0) is 49.1 Å². The zero-order chi connectivity index (χ0) is 18.6. The molecule has 0 spiro atoms. The predicted octanol–water partition coefficient (Wildman–Crippen LogP) is 3.75. The van der Waals surface area contributed by atoms with Gasteiger partial charge in [-0.15, -0.1) is 10.2 Å². The van der Waals surface area contributed by atoms with Gasteiger partial charge < -0.3 is 10.2 Å². The first-order valence-corrected chi connectivity index (χ1v) is 10.2. The van der Waals surface area contributed by atoms with Crippen LogP contribution in [-0.4, -0.2) is 33.8 Å². The van der Waals surface area contributed by atoms with Crippen LogP contribution >= 0.6 is 11.3 Å². The molecular weight excluding hydrogens is 358 g/mol. The minimum Gasteiger partial charge on any atom is -0.347 e. The molecule has 1 fully saturated rings. The van der Waals surface area contributed by atoms with E-state index < -0.39 is 0 Å². The standard InChI is InChI=1S/C20H23N5OS/c1-2-15-5-7-17(8-6-15)21-18(26)16-9-13-25(14-10-16)20-23-22-19(27-20)24-11-3-4-12-24/h3-8,11-12,16H,2,9-10,13-14H2,1H3,(H,21,26). The predicted molar refractivity (Wildman–Crippen MR) is 109 cm³/mol. The average molecular weight is 382 g/mol. The number of rotatable bonds is 5. The number of aryl methyl sites for hydroxylation is 1. The van der Waals surface area contributed by atoms with Crippen LogP contribution in [0.3, 0.4) is 0 Å². The van der Waals surface area contributed by atoms with Crippen molar-refractivity contribution in [3.05, 3.63) is 54.4 Å². The van der Waals surface area contributed by atoms with Gasteiger partial charge in [0.25, 0.3) is 0 Å². The molecule has 27 heavy (non-hydrogen) atoms. The van der Waals surface area contributed by atoms with Gasteiger partial charge in [-0.1, -0.05) is 30.4 Å². The first kappa shape index (κ1) is 17.7. The summed E-state index contributed by atoms with van der Waals surface area (Å²) in [7, 11) is 0. The fraction of sp³-hybridized carbons (Fsp3) is 0.350. The molecule has 1 N–H and O–H groups in total. The molecule has 1 aliphatic heterocycles. The Balaban J connectivity index is 1.32. The molecular formula is C20H23N5OS. The van der Waals surface area contributed by atoms with Gasteiger partial charge in [-0.2, -0.15) is 0 Å². The molecule has 1 amide bonds. The van der Waals surface area contributed by atoms with Gasteiger partial charge in [-0.25, -0.2) is 0 Å². The molecule has 0 aliphatic carbocycles. The molecule has 1 saturated heterocycles. The van der Waals surface area contributed by atoms with E-state index in [1.165, 1.54) is 5.56 Å². The lowest BCUT2D eigenvalue weighted by molar-refractivity contribution is -0.120. The number of anilines is 2. The highest BCUT2D eigenvalue weighted by molar-refractivity contribution is 7.17. The number of hydrogen-bond donors (Lipinski definition) is 1. The molecule has 0 saturated carbocycles.